The molecule has 16 heavy (non-hydrogen) atoms. The number of amides is 1. The first-order valence-electron chi connectivity index (χ1n) is 6.43. The number of ether oxygens (including phenoxy) is 1. The van der Waals surface area contributed by atoms with E-state index in [1.165, 1.54) is 19.3 Å². The molecule has 2 fully saturated rings. The lowest BCUT2D eigenvalue weighted by molar-refractivity contribution is 0.0413. The van der Waals surface area contributed by atoms with Crippen molar-refractivity contribution < 1.29 is 9.53 Å². The minimum absolute atomic E-state index is 0.254. The van der Waals surface area contributed by atoms with Crippen LogP contribution in [0.25, 0.3) is 0 Å². The van der Waals surface area contributed by atoms with Crippen LogP contribution >= 0.6 is 0 Å². The maximum absolute atomic E-state index is 11.6. The van der Waals surface area contributed by atoms with Crippen molar-refractivity contribution in [2.75, 3.05) is 0 Å². The molecule has 2 rings (SSSR count). The summed E-state index contributed by atoms with van der Waals surface area (Å²) >= 11 is 0. The molecule has 0 aromatic carbocycles. The van der Waals surface area contributed by atoms with E-state index in [1.807, 2.05) is 20.8 Å². The molecule has 0 unspecified atom stereocenters. The molecule has 0 aromatic heterocycles. The molecule has 2 aliphatic rings. The van der Waals surface area contributed by atoms with Gasteiger partial charge >= 0.3 is 6.09 Å². The Kier molecular flexibility index (Phi) is 3.13. The lowest BCUT2D eigenvalue weighted by atomic mass is 9.64. The van der Waals surface area contributed by atoms with Gasteiger partial charge in [0.25, 0.3) is 0 Å². The number of hydrogen-bond donors (Lipinski definition) is 1. The fraction of sp³-hybridized carbons (Fsp3) is 0.923. The summed E-state index contributed by atoms with van der Waals surface area (Å²) in [6.45, 7) is 5.69. The van der Waals surface area contributed by atoms with Crippen molar-refractivity contribution in [3.8, 4) is 0 Å². The van der Waals surface area contributed by atoms with E-state index in [1.54, 1.807) is 0 Å². The monoisotopic (exact) mass is 225 g/mol. The molecule has 0 heterocycles. The van der Waals surface area contributed by atoms with Crippen LogP contribution in [-0.4, -0.2) is 17.7 Å². The maximum Gasteiger partial charge on any atom is 0.407 e. The number of carbonyl (C=O) groups is 1. The number of rotatable bonds is 1. The van der Waals surface area contributed by atoms with Gasteiger partial charge in [-0.3, -0.25) is 0 Å². The number of hydrogen-bond acceptors (Lipinski definition) is 2. The largest absolute Gasteiger partial charge is 0.444 e. The summed E-state index contributed by atoms with van der Waals surface area (Å²) in [6, 6.07) is 0.344. The van der Waals surface area contributed by atoms with Crippen molar-refractivity contribution in [3.63, 3.8) is 0 Å². The highest BCUT2D eigenvalue weighted by Gasteiger charge is 2.37. The molecule has 2 aliphatic carbocycles. The normalized spacial score (nSPS) is 33.6. The second-order valence-corrected chi connectivity index (χ2v) is 6.25. The average Bonchev–Trinajstić information content (AvgIpc) is 2.06. The smallest absolute Gasteiger partial charge is 0.407 e. The van der Waals surface area contributed by atoms with Crippen LogP contribution in [0.4, 0.5) is 4.79 Å². The van der Waals surface area contributed by atoms with Crippen LogP contribution in [0.3, 0.4) is 0 Å². The molecule has 3 heteroatoms. The summed E-state index contributed by atoms with van der Waals surface area (Å²) in [5, 5.41) is 3.00. The van der Waals surface area contributed by atoms with E-state index in [9.17, 15) is 4.79 Å². The molecule has 3 atom stereocenters. The zero-order valence-corrected chi connectivity index (χ0v) is 10.6. The number of alkyl carbamates (subject to hydrolysis) is 1. The van der Waals surface area contributed by atoms with Crippen LogP contribution in [0.2, 0.25) is 0 Å². The molecule has 0 radical (unpaired) electrons. The molecule has 0 bridgehead atoms. The molecule has 1 N–H and O–H groups in total. The predicted molar refractivity (Wildman–Crippen MR) is 63.2 cm³/mol. The molecule has 3 nitrogen and oxygen atoms in total. The minimum atomic E-state index is -0.391. The van der Waals surface area contributed by atoms with Gasteiger partial charge in [-0.1, -0.05) is 0 Å². The van der Waals surface area contributed by atoms with Gasteiger partial charge in [-0.2, -0.15) is 0 Å². The second-order valence-electron chi connectivity index (χ2n) is 6.25. The van der Waals surface area contributed by atoms with Crippen molar-refractivity contribution >= 4 is 6.09 Å². The fourth-order valence-electron chi connectivity index (χ4n) is 2.83. The summed E-state index contributed by atoms with van der Waals surface area (Å²) in [4.78, 5) is 11.6. The van der Waals surface area contributed by atoms with Crippen molar-refractivity contribution in [1.82, 2.24) is 5.32 Å². The Morgan fingerprint density at radius 3 is 2.25 bits per heavy atom. The van der Waals surface area contributed by atoms with Gasteiger partial charge in [-0.25, -0.2) is 4.79 Å². The van der Waals surface area contributed by atoms with Gasteiger partial charge < -0.3 is 10.1 Å². The standard InChI is InChI=1S/C13H23NO2/c1-13(2,3)16-12(15)14-11-7-6-9-4-5-10(9)8-11/h9-11H,4-8H2,1-3H3,(H,14,15)/t9-,10+,11+/m1/s1. The van der Waals surface area contributed by atoms with E-state index in [4.69, 9.17) is 4.74 Å². The Labute approximate surface area is 97.9 Å². The van der Waals surface area contributed by atoms with Crippen LogP contribution in [0.15, 0.2) is 0 Å². The van der Waals surface area contributed by atoms with Gasteiger partial charge in [0, 0.05) is 6.04 Å². The summed E-state index contributed by atoms with van der Waals surface area (Å²) in [7, 11) is 0. The number of fused-ring (bicyclic) bond motifs is 1. The maximum atomic E-state index is 11.6. The van der Waals surface area contributed by atoms with Gasteiger partial charge in [-0.15, -0.1) is 0 Å². The molecular formula is C13H23NO2. The van der Waals surface area contributed by atoms with Crippen LogP contribution < -0.4 is 5.32 Å². The van der Waals surface area contributed by atoms with Crippen LogP contribution in [0.5, 0.6) is 0 Å². The molecular weight excluding hydrogens is 202 g/mol. The molecule has 0 aliphatic heterocycles. The van der Waals surface area contributed by atoms with Gasteiger partial charge in [0.05, 0.1) is 0 Å². The Morgan fingerprint density at radius 2 is 1.75 bits per heavy atom. The Morgan fingerprint density at radius 1 is 1.12 bits per heavy atom. The molecule has 2 saturated carbocycles. The van der Waals surface area contributed by atoms with Crippen LogP contribution in [-0.2, 0) is 4.74 Å². The Balaban J connectivity index is 1.75. The Hall–Kier alpha value is -0.730. The zero-order chi connectivity index (χ0) is 11.8. The van der Waals surface area contributed by atoms with E-state index in [0.29, 0.717) is 6.04 Å². The van der Waals surface area contributed by atoms with E-state index < -0.39 is 5.60 Å². The zero-order valence-electron chi connectivity index (χ0n) is 10.6. The topological polar surface area (TPSA) is 38.3 Å². The highest BCUT2D eigenvalue weighted by molar-refractivity contribution is 5.68. The first-order chi connectivity index (χ1) is 7.44. The summed E-state index contributed by atoms with van der Waals surface area (Å²) in [5.41, 5.74) is -0.391. The first kappa shape index (κ1) is 11.7. The molecule has 92 valence electrons. The van der Waals surface area contributed by atoms with E-state index in [2.05, 4.69) is 5.32 Å². The first-order valence-corrected chi connectivity index (χ1v) is 6.43. The van der Waals surface area contributed by atoms with Crippen LogP contribution in [0.1, 0.15) is 52.9 Å². The second kappa shape index (κ2) is 4.27. The van der Waals surface area contributed by atoms with Crippen LogP contribution in [0, 0.1) is 11.8 Å². The van der Waals surface area contributed by atoms with Gasteiger partial charge in [0.2, 0.25) is 0 Å². The lowest BCUT2D eigenvalue weighted by Crippen LogP contribution is -2.45. The SMILES string of the molecule is CC(C)(C)OC(=O)N[C@H]1CC[C@H]2CC[C@H]2C1. The van der Waals surface area contributed by atoms with Gasteiger partial charge in [0.15, 0.2) is 0 Å². The average molecular weight is 225 g/mol. The van der Waals surface area contributed by atoms with Gasteiger partial charge in [0.1, 0.15) is 5.60 Å². The van der Waals surface area contributed by atoms with E-state index >= 15 is 0 Å². The minimum Gasteiger partial charge on any atom is -0.444 e. The molecule has 0 saturated heterocycles. The highest BCUT2D eigenvalue weighted by Crippen LogP contribution is 2.44. The predicted octanol–water partition coefficient (Wildman–Crippen LogP) is 3.09. The third-order valence-electron chi connectivity index (χ3n) is 3.77. The van der Waals surface area contributed by atoms with E-state index in [0.717, 1.165) is 24.7 Å². The lowest BCUT2D eigenvalue weighted by Gasteiger charge is -2.43. The third-order valence-corrected chi connectivity index (χ3v) is 3.77. The summed E-state index contributed by atoms with van der Waals surface area (Å²) in [6.07, 6.45) is 6.08. The number of carbonyl (C=O) groups excluding carboxylic acids is 1. The van der Waals surface area contributed by atoms with Crippen molar-refractivity contribution in [2.24, 2.45) is 11.8 Å². The highest BCUT2D eigenvalue weighted by atomic mass is 16.6. The third kappa shape index (κ3) is 2.89. The van der Waals surface area contributed by atoms with Crippen molar-refractivity contribution in [3.05, 3.63) is 0 Å². The quantitative estimate of drug-likeness (QED) is 0.744. The van der Waals surface area contributed by atoms with Crippen molar-refractivity contribution in [2.45, 2.75) is 64.5 Å². The van der Waals surface area contributed by atoms with Gasteiger partial charge in [-0.05, 0) is 64.7 Å². The van der Waals surface area contributed by atoms with E-state index in [-0.39, 0.29) is 6.09 Å². The van der Waals surface area contributed by atoms with Crippen molar-refractivity contribution in [1.29, 1.82) is 0 Å². The fourth-order valence-corrected chi connectivity index (χ4v) is 2.83. The summed E-state index contributed by atoms with van der Waals surface area (Å²) < 4.78 is 5.27. The Bertz CT molecular complexity index is 270. The molecule has 0 aromatic rings. The molecule has 0 spiro atoms. The molecule has 1 amide bonds. The summed E-state index contributed by atoms with van der Waals surface area (Å²) in [5.74, 6) is 1.82. The number of nitrogens with one attached hydrogen (secondary N) is 1.